The van der Waals surface area contributed by atoms with Gasteiger partial charge in [0.1, 0.15) is 0 Å². The highest BCUT2D eigenvalue weighted by Crippen LogP contribution is 2.29. The van der Waals surface area contributed by atoms with E-state index in [1.165, 1.54) is 5.56 Å². The first kappa shape index (κ1) is 12.6. The predicted octanol–water partition coefficient (Wildman–Crippen LogP) is 5.16. The molecule has 0 saturated heterocycles. The van der Waals surface area contributed by atoms with E-state index in [0.717, 1.165) is 27.2 Å². The van der Waals surface area contributed by atoms with Crippen LogP contribution in [0.5, 0.6) is 0 Å². The molecule has 0 unspecified atom stereocenters. The van der Waals surface area contributed by atoms with Crippen molar-refractivity contribution < 1.29 is 0 Å². The first-order valence-electron chi connectivity index (χ1n) is 6.06. The first-order chi connectivity index (χ1) is 9.33. The molecule has 0 atom stereocenters. The molecule has 3 heteroatoms. The number of hydrogen-bond donors (Lipinski definition) is 0. The van der Waals surface area contributed by atoms with Crippen LogP contribution in [0, 0.1) is 0 Å². The van der Waals surface area contributed by atoms with Crippen molar-refractivity contribution in [2.45, 2.75) is 6.42 Å². The number of thiazole rings is 1. The highest BCUT2D eigenvalue weighted by Gasteiger charge is 2.07. The monoisotopic (exact) mass is 329 g/mol. The van der Waals surface area contributed by atoms with Gasteiger partial charge in [0.15, 0.2) is 0 Å². The van der Waals surface area contributed by atoms with Crippen LogP contribution >= 0.6 is 27.3 Å². The molecule has 94 valence electrons. The Bertz CT molecular complexity index is 676. The Balaban J connectivity index is 1.86. The van der Waals surface area contributed by atoms with Crippen LogP contribution in [-0.2, 0) is 6.42 Å². The van der Waals surface area contributed by atoms with E-state index in [2.05, 4.69) is 51.6 Å². The molecule has 0 aliphatic carbocycles. The Labute approximate surface area is 125 Å². The van der Waals surface area contributed by atoms with Gasteiger partial charge in [-0.05, 0) is 11.6 Å². The van der Waals surface area contributed by atoms with Crippen molar-refractivity contribution in [2.24, 2.45) is 0 Å². The highest BCUT2D eigenvalue weighted by molar-refractivity contribution is 9.10. The molecule has 0 aliphatic rings. The second-order valence-corrected chi connectivity index (χ2v) is 6.07. The Morgan fingerprint density at radius 3 is 2.47 bits per heavy atom. The first-order valence-corrected chi connectivity index (χ1v) is 7.73. The van der Waals surface area contributed by atoms with E-state index in [0.29, 0.717) is 0 Å². The molecule has 0 amide bonds. The van der Waals surface area contributed by atoms with E-state index in [4.69, 9.17) is 4.98 Å². The Morgan fingerprint density at radius 2 is 1.68 bits per heavy atom. The summed E-state index contributed by atoms with van der Waals surface area (Å²) in [6.45, 7) is 0. The van der Waals surface area contributed by atoms with Crippen molar-refractivity contribution in [1.29, 1.82) is 0 Å². The molecule has 0 saturated carbocycles. The van der Waals surface area contributed by atoms with Gasteiger partial charge in [0.05, 0.1) is 10.7 Å². The lowest BCUT2D eigenvalue weighted by molar-refractivity contribution is 1.14. The van der Waals surface area contributed by atoms with Crippen LogP contribution in [0.15, 0.2) is 64.5 Å². The molecule has 3 rings (SSSR count). The summed E-state index contributed by atoms with van der Waals surface area (Å²) in [4.78, 5) is 4.73. The third kappa shape index (κ3) is 2.94. The van der Waals surface area contributed by atoms with E-state index >= 15 is 0 Å². The minimum atomic E-state index is 0.899. The summed E-state index contributed by atoms with van der Waals surface area (Å²) in [5, 5.41) is 3.27. The molecule has 1 aromatic heterocycles. The van der Waals surface area contributed by atoms with Gasteiger partial charge in [0.25, 0.3) is 0 Å². The fourth-order valence-corrected chi connectivity index (χ4v) is 3.27. The van der Waals surface area contributed by atoms with E-state index in [9.17, 15) is 0 Å². The van der Waals surface area contributed by atoms with Gasteiger partial charge in [-0.15, -0.1) is 11.3 Å². The molecule has 1 heterocycles. The maximum Gasteiger partial charge on any atom is 0.0976 e. The van der Waals surface area contributed by atoms with Crippen molar-refractivity contribution in [2.75, 3.05) is 0 Å². The minimum Gasteiger partial charge on any atom is -0.241 e. The zero-order valence-electron chi connectivity index (χ0n) is 10.2. The predicted molar refractivity (Wildman–Crippen MR) is 84.5 cm³/mol. The lowest BCUT2D eigenvalue weighted by Gasteiger charge is -1.99. The molecule has 19 heavy (non-hydrogen) atoms. The van der Waals surface area contributed by atoms with Gasteiger partial charge in [-0.1, -0.05) is 64.5 Å². The SMILES string of the molecule is Brc1ccccc1-c1csc(Cc2ccccc2)n1. The summed E-state index contributed by atoms with van der Waals surface area (Å²) in [6.07, 6.45) is 0.899. The van der Waals surface area contributed by atoms with E-state index in [1.54, 1.807) is 11.3 Å². The van der Waals surface area contributed by atoms with Crippen LogP contribution in [0.4, 0.5) is 0 Å². The van der Waals surface area contributed by atoms with Crippen LogP contribution in [-0.4, -0.2) is 4.98 Å². The van der Waals surface area contributed by atoms with Crippen molar-refractivity contribution >= 4 is 27.3 Å². The molecule has 0 bridgehead atoms. The van der Waals surface area contributed by atoms with Crippen LogP contribution < -0.4 is 0 Å². The number of rotatable bonds is 3. The molecule has 0 N–H and O–H groups in total. The van der Waals surface area contributed by atoms with Gasteiger partial charge in [-0.3, -0.25) is 0 Å². The number of benzene rings is 2. The summed E-state index contributed by atoms with van der Waals surface area (Å²) >= 11 is 5.29. The van der Waals surface area contributed by atoms with E-state index in [1.807, 2.05) is 24.3 Å². The average molecular weight is 330 g/mol. The third-order valence-corrected chi connectivity index (χ3v) is 4.44. The van der Waals surface area contributed by atoms with Crippen LogP contribution in [0.3, 0.4) is 0 Å². The van der Waals surface area contributed by atoms with Crippen molar-refractivity contribution in [3.8, 4) is 11.3 Å². The average Bonchev–Trinajstić information content (AvgIpc) is 2.89. The lowest BCUT2D eigenvalue weighted by Crippen LogP contribution is -1.87. The molecule has 0 aliphatic heterocycles. The standard InChI is InChI=1S/C16H12BrNS/c17-14-9-5-4-8-13(14)15-11-19-16(18-15)10-12-6-2-1-3-7-12/h1-9,11H,10H2. The van der Waals surface area contributed by atoms with E-state index in [-0.39, 0.29) is 0 Å². The molecular weight excluding hydrogens is 318 g/mol. The minimum absolute atomic E-state index is 0.899. The van der Waals surface area contributed by atoms with Gasteiger partial charge in [0.2, 0.25) is 0 Å². The molecule has 0 fully saturated rings. The Hall–Kier alpha value is -1.45. The molecule has 2 aromatic carbocycles. The van der Waals surface area contributed by atoms with E-state index < -0.39 is 0 Å². The fourth-order valence-electron chi connectivity index (χ4n) is 1.96. The van der Waals surface area contributed by atoms with Crippen molar-refractivity contribution in [1.82, 2.24) is 4.98 Å². The molecule has 1 nitrogen and oxygen atoms in total. The second kappa shape index (κ2) is 5.68. The molecule has 3 aromatic rings. The quantitative estimate of drug-likeness (QED) is 0.646. The number of halogens is 1. The van der Waals surface area contributed by atoms with Crippen molar-refractivity contribution in [3.05, 3.63) is 75.0 Å². The fraction of sp³-hybridized carbons (Fsp3) is 0.0625. The second-order valence-electron chi connectivity index (χ2n) is 4.27. The summed E-state index contributed by atoms with van der Waals surface area (Å²) < 4.78 is 1.09. The molecule has 0 spiro atoms. The maximum atomic E-state index is 4.73. The zero-order valence-corrected chi connectivity index (χ0v) is 12.6. The zero-order chi connectivity index (χ0) is 13.1. The maximum absolute atomic E-state index is 4.73. The summed E-state index contributed by atoms with van der Waals surface area (Å²) in [5.74, 6) is 0. The van der Waals surface area contributed by atoms with Crippen LogP contribution in [0.25, 0.3) is 11.3 Å². The largest absolute Gasteiger partial charge is 0.241 e. The highest BCUT2D eigenvalue weighted by atomic mass is 79.9. The topological polar surface area (TPSA) is 12.9 Å². The van der Waals surface area contributed by atoms with Gasteiger partial charge in [-0.25, -0.2) is 4.98 Å². The van der Waals surface area contributed by atoms with Crippen molar-refractivity contribution in [3.63, 3.8) is 0 Å². The summed E-state index contributed by atoms with van der Waals surface area (Å²) in [5.41, 5.74) is 3.50. The number of nitrogens with zero attached hydrogens (tertiary/aromatic N) is 1. The van der Waals surface area contributed by atoms with Crippen LogP contribution in [0.1, 0.15) is 10.6 Å². The van der Waals surface area contributed by atoms with Gasteiger partial charge >= 0.3 is 0 Å². The Morgan fingerprint density at radius 1 is 0.947 bits per heavy atom. The normalized spacial score (nSPS) is 10.6. The number of hydrogen-bond acceptors (Lipinski definition) is 2. The molecular formula is C16H12BrNS. The van der Waals surface area contributed by atoms with Gasteiger partial charge in [0, 0.05) is 21.8 Å². The Kier molecular flexibility index (Phi) is 3.76. The molecule has 0 radical (unpaired) electrons. The smallest absolute Gasteiger partial charge is 0.0976 e. The summed E-state index contributed by atoms with van der Waals surface area (Å²) in [7, 11) is 0. The summed E-state index contributed by atoms with van der Waals surface area (Å²) in [6, 6.07) is 18.6. The lowest BCUT2D eigenvalue weighted by atomic mass is 10.1. The van der Waals surface area contributed by atoms with Gasteiger partial charge < -0.3 is 0 Å². The van der Waals surface area contributed by atoms with Crippen LogP contribution in [0.2, 0.25) is 0 Å². The van der Waals surface area contributed by atoms with Gasteiger partial charge in [-0.2, -0.15) is 0 Å². The number of aromatic nitrogens is 1. The third-order valence-electron chi connectivity index (χ3n) is 2.90.